The molecule has 0 spiro atoms. The van der Waals surface area contributed by atoms with Crippen molar-refractivity contribution in [3.63, 3.8) is 0 Å². The smallest absolute Gasteiger partial charge is 0.330 e. The fourth-order valence-corrected chi connectivity index (χ4v) is 16.3. The van der Waals surface area contributed by atoms with E-state index in [1.165, 1.54) is 98.9 Å². The summed E-state index contributed by atoms with van der Waals surface area (Å²) in [6, 6.07) is 34.8. The van der Waals surface area contributed by atoms with E-state index in [0.717, 1.165) is 218 Å². The summed E-state index contributed by atoms with van der Waals surface area (Å²) in [5.41, 5.74) is 3.64. The third kappa shape index (κ3) is 52.2. The highest BCUT2D eigenvalue weighted by atomic mass is 16.6. The Balaban J connectivity index is 0.000000416. The maximum Gasteiger partial charge on any atom is 0.330 e. The van der Waals surface area contributed by atoms with Gasteiger partial charge in [-0.1, -0.05) is 222 Å². The van der Waals surface area contributed by atoms with E-state index in [2.05, 4.69) is 165 Å². The van der Waals surface area contributed by atoms with Crippen LogP contribution in [0.3, 0.4) is 0 Å². The van der Waals surface area contributed by atoms with Crippen molar-refractivity contribution in [2.24, 2.45) is 38.9 Å². The average Bonchev–Trinajstić information content (AvgIpc) is 1.65. The molecule has 5 heterocycles. The number of carbonyl (C=O) groups is 1. The molecule has 25 heteroatoms. The summed E-state index contributed by atoms with van der Waals surface area (Å²) in [6.07, 6.45) is 44.4. The predicted octanol–water partition coefficient (Wildman–Crippen LogP) is 26.7. The third-order valence-electron chi connectivity index (χ3n) is 25.8. The Hall–Kier alpha value is -10.3. The van der Waals surface area contributed by atoms with Gasteiger partial charge in [0.2, 0.25) is 0 Å². The first-order valence-corrected chi connectivity index (χ1v) is 51.5. The van der Waals surface area contributed by atoms with Gasteiger partial charge in [0.25, 0.3) is 0 Å². The SMILES string of the molecule is C=CC(=O)OCC1(CC)COC1.C=COC1CC(OC=C)CC(OC=C)C1.C=COC1CC2CC1CC2OC=C.C=COC1CCC(OC=C)CC1.C=COCCOCCOC=C.C=COc1ccc(OC=C)cc1.C=COc1ccccc1.C=COc1ccccc1.CC.CCC.CCC1(COC2CCC(OCC3(CC)COC3)CC2)COC1.CCC1(COCc2ccc(COCC3(CC)COC3)cc2)COC1. The molecular weight excluding hydrogens is 1830 g/mol. The summed E-state index contributed by atoms with van der Waals surface area (Å²) in [5, 5.41) is 0. The van der Waals surface area contributed by atoms with Crippen molar-refractivity contribution in [2.45, 2.75) is 259 Å². The van der Waals surface area contributed by atoms with Crippen molar-refractivity contribution in [3.05, 3.63) is 300 Å². The van der Waals surface area contributed by atoms with Gasteiger partial charge in [-0.05, 0) is 174 Å². The van der Waals surface area contributed by atoms with E-state index in [1.807, 2.05) is 74.5 Å². The molecule has 5 aliphatic heterocycles. The molecule has 4 aromatic carbocycles. The fourth-order valence-electron chi connectivity index (χ4n) is 16.3. The summed E-state index contributed by atoms with van der Waals surface area (Å²) in [7, 11) is 0. The topological polar surface area (TPSA) is 239 Å². The second-order valence-corrected chi connectivity index (χ2v) is 36.4. The van der Waals surface area contributed by atoms with Crippen molar-refractivity contribution < 1.29 is 118 Å². The number of rotatable bonds is 52. The Kier molecular flexibility index (Phi) is 70.1. The number of esters is 1. The van der Waals surface area contributed by atoms with Crippen molar-refractivity contribution >= 4 is 5.97 Å². The molecule has 4 aromatic rings. The van der Waals surface area contributed by atoms with Gasteiger partial charge in [0.1, 0.15) is 73.3 Å². The number of fused-ring (bicyclic) bond motifs is 2. The van der Waals surface area contributed by atoms with Crippen molar-refractivity contribution in [1.82, 2.24) is 0 Å². The zero-order valence-electron chi connectivity index (χ0n) is 88.9. The number of para-hydroxylation sites is 2. The largest absolute Gasteiger partial charge is 0.499 e. The first-order valence-electron chi connectivity index (χ1n) is 51.5. The van der Waals surface area contributed by atoms with E-state index < -0.39 is 0 Å². The molecule has 5 saturated carbocycles. The molecule has 4 unspecified atom stereocenters. The second-order valence-electron chi connectivity index (χ2n) is 36.4. The van der Waals surface area contributed by atoms with Gasteiger partial charge in [-0.2, -0.15) is 0 Å². The highest BCUT2D eigenvalue weighted by Crippen LogP contribution is 2.48. The summed E-state index contributed by atoms with van der Waals surface area (Å²) in [5.74, 6) is 4.12. The number of carbonyl (C=O) groups excluding carboxylic acids is 1. The van der Waals surface area contributed by atoms with Gasteiger partial charge in [0.05, 0.1) is 230 Å². The van der Waals surface area contributed by atoms with E-state index in [4.69, 9.17) is 114 Å². The van der Waals surface area contributed by atoms with E-state index in [-0.39, 0.29) is 40.5 Å². The predicted molar refractivity (Wildman–Crippen MR) is 574 cm³/mol. The molecule has 14 rings (SSSR count). The maximum atomic E-state index is 10.7. The van der Waals surface area contributed by atoms with Gasteiger partial charge in [-0.15, -0.1) is 0 Å². The van der Waals surface area contributed by atoms with Gasteiger partial charge < -0.3 is 114 Å². The molecule has 0 amide bonds. The number of ether oxygens (including phenoxy) is 24. The fraction of sp³-hybridized carbons (Fsp3) is 0.555. The molecule has 5 saturated heterocycles. The van der Waals surface area contributed by atoms with Crippen molar-refractivity contribution in [3.8, 4) is 23.0 Å². The van der Waals surface area contributed by atoms with Gasteiger partial charge in [0, 0.05) is 47.0 Å². The number of hydrogen-bond acceptors (Lipinski definition) is 25. The molecule has 0 N–H and O–H groups in total. The first-order chi connectivity index (χ1) is 70.2. The van der Waals surface area contributed by atoms with Crippen LogP contribution in [-0.4, -0.2) is 186 Å². The molecule has 806 valence electrons. The molecule has 4 atom stereocenters. The van der Waals surface area contributed by atoms with Crippen LogP contribution in [0.4, 0.5) is 0 Å². The Bertz CT molecular complexity index is 3730. The van der Waals surface area contributed by atoms with Crippen LogP contribution in [0.1, 0.15) is 202 Å². The van der Waals surface area contributed by atoms with Crippen LogP contribution in [0.25, 0.3) is 0 Å². The summed E-state index contributed by atoms with van der Waals surface area (Å²) < 4.78 is 128. The lowest BCUT2D eigenvalue weighted by Gasteiger charge is -2.43. The lowest BCUT2D eigenvalue weighted by molar-refractivity contribution is -0.175. The monoisotopic (exact) mass is 2010 g/mol. The van der Waals surface area contributed by atoms with E-state index in [1.54, 1.807) is 36.8 Å². The second kappa shape index (κ2) is 79.0. The van der Waals surface area contributed by atoms with Crippen LogP contribution >= 0.6 is 0 Å². The van der Waals surface area contributed by atoms with Gasteiger partial charge >= 0.3 is 5.97 Å². The van der Waals surface area contributed by atoms with E-state index in [0.29, 0.717) is 119 Å². The summed E-state index contributed by atoms with van der Waals surface area (Å²) in [4.78, 5) is 10.7. The Morgan fingerprint density at radius 3 is 0.819 bits per heavy atom. The molecule has 2 bridgehead atoms. The number of hydrogen-bond donors (Lipinski definition) is 0. The zero-order chi connectivity index (χ0) is 105. The number of benzene rings is 4. The van der Waals surface area contributed by atoms with Crippen LogP contribution in [0.5, 0.6) is 23.0 Å². The lowest BCUT2D eigenvalue weighted by Crippen LogP contribution is -2.47. The van der Waals surface area contributed by atoms with Crippen LogP contribution in [-0.2, 0) is 113 Å². The minimum absolute atomic E-state index is 0.0820. The molecule has 0 aromatic heterocycles. The maximum absolute atomic E-state index is 10.7. The first kappa shape index (κ1) is 128. The third-order valence-corrected chi connectivity index (χ3v) is 25.8. The molecule has 0 radical (unpaired) electrons. The highest BCUT2D eigenvalue weighted by molar-refractivity contribution is 5.81. The quantitative estimate of drug-likeness (QED) is 0.0173. The zero-order valence-corrected chi connectivity index (χ0v) is 88.9. The van der Waals surface area contributed by atoms with Gasteiger partial charge in [-0.3, -0.25) is 0 Å². The Morgan fingerprint density at radius 1 is 0.299 bits per heavy atom. The van der Waals surface area contributed by atoms with Crippen molar-refractivity contribution in [2.75, 3.05) is 126 Å². The van der Waals surface area contributed by atoms with Crippen molar-refractivity contribution in [1.29, 1.82) is 0 Å². The molecule has 10 fully saturated rings. The minimum atomic E-state index is -0.352. The van der Waals surface area contributed by atoms with E-state index >= 15 is 0 Å². The van der Waals surface area contributed by atoms with Gasteiger partial charge in [-0.25, -0.2) is 4.79 Å². The minimum Gasteiger partial charge on any atom is -0.499 e. The summed E-state index contributed by atoms with van der Waals surface area (Å²) >= 11 is 0. The normalized spacial score (nSPS) is 22.1. The Morgan fingerprint density at radius 2 is 0.569 bits per heavy atom. The van der Waals surface area contributed by atoms with Crippen LogP contribution in [0.2, 0.25) is 0 Å². The summed E-state index contributed by atoms with van der Waals surface area (Å²) in [6.45, 7) is 83.6. The molecular formula is C119H180O25. The highest BCUT2D eigenvalue weighted by Gasteiger charge is 2.48. The van der Waals surface area contributed by atoms with Gasteiger partial charge in [0.15, 0.2) is 0 Å². The molecule has 144 heavy (non-hydrogen) atoms. The standard InChI is InChI=1S/C20H30O4.C18H32O4.C12H18O3.C11H16O2.C10H16O2.C10H10O2.C9H14O3.C8H14O3.2C8H8O.C3H8.C2H6/c1-3-19(13-23-14-19)11-21-9-17-5-7-18(8-6-17)10-22-12-20(4-2)15-24-16-20;1-3-17(9-19-10-17)13-21-15-5-7-16(8-6-15)22-14-18(4-2)11-20-12-18;1-4-13-10-7-11(14-5-2)9-12(8-10)15-6-3;1-3-12-10-6-9-5-8(10)7-11(9)13-4-2;2*1-3-11-9-5-7-10(8-6-9)12-4-2;1-3-8(10)12-7-9(4-2)5-11-6-9;1-3-9-5-7-11-8-6-10-4-2;2*1-2-9-8-6-4-3-5-7-8;1-3-2;1-2/h5-8H,3-4,9-16H2,1-2H3;15-16H,3-14H2,1-2H3;4-6,10-12H,1-3,7-9H2;3-4,8-11H,1-2,5-7H2;3-4,9-10H,1-2,5-8H2;3-8H,1-2H2;3H,1,4-7H2,2H3;3-4H,1-2,5-8H2;2*2-7H,1H2;3H2,1-2H3;1-2H3. The Labute approximate surface area is 866 Å². The van der Waals surface area contributed by atoms with Crippen LogP contribution in [0, 0.1) is 38.9 Å². The van der Waals surface area contributed by atoms with E-state index in [9.17, 15) is 4.79 Å². The lowest BCUT2D eigenvalue weighted by atomic mass is 9.83. The molecule has 10 aliphatic rings. The van der Waals surface area contributed by atoms with Crippen LogP contribution < -0.4 is 18.9 Å². The molecule has 25 nitrogen and oxygen atoms in total. The van der Waals surface area contributed by atoms with Crippen LogP contribution in [0.15, 0.2) is 289 Å². The molecule has 5 aliphatic carbocycles. The average molecular weight is 2010 g/mol.